The van der Waals surface area contributed by atoms with Crippen molar-refractivity contribution in [3.05, 3.63) is 29.6 Å². The van der Waals surface area contributed by atoms with Gasteiger partial charge in [-0.25, -0.2) is 12.8 Å². The Balaban J connectivity index is 0.00000147. The maximum atomic E-state index is 13.3. The fraction of sp³-hybridized carbons (Fsp3) is 0.538. The van der Waals surface area contributed by atoms with E-state index in [-0.39, 0.29) is 17.3 Å². The molecule has 20 heavy (non-hydrogen) atoms. The second kappa shape index (κ2) is 5.60. The minimum atomic E-state index is -3.57. The van der Waals surface area contributed by atoms with Crippen LogP contribution in [0, 0.1) is 24.6 Å². The molecule has 0 spiro atoms. The third-order valence-electron chi connectivity index (χ3n) is 4.12. The van der Waals surface area contributed by atoms with E-state index in [0.29, 0.717) is 30.5 Å². The van der Waals surface area contributed by atoms with Gasteiger partial charge in [-0.2, -0.15) is 4.31 Å². The highest BCUT2D eigenvalue weighted by molar-refractivity contribution is 7.89. The number of nitrogens with zero attached hydrogens (tertiary/aromatic N) is 1. The van der Waals surface area contributed by atoms with Crippen LogP contribution in [0.1, 0.15) is 5.56 Å². The van der Waals surface area contributed by atoms with Crippen LogP contribution in [0.5, 0.6) is 0 Å². The fourth-order valence-corrected chi connectivity index (χ4v) is 4.79. The molecular formula is C13H18ClFN2O2S. The summed E-state index contributed by atoms with van der Waals surface area (Å²) in [6, 6.07) is 3.93. The molecule has 7 heteroatoms. The van der Waals surface area contributed by atoms with Gasteiger partial charge in [0.15, 0.2) is 0 Å². The van der Waals surface area contributed by atoms with Gasteiger partial charge in [-0.15, -0.1) is 12.4 Å². The van der Waals surface area contributed by atoms with E-state index in [1.807, 2.05) is 0 Å². The van der Waals surface area contributed by atoms with E-state index in [1.165, 1.54) is 16.4 Å². The standard InChI is InChI=1S/C13H17FN2O2S.ClH/c1-9-2-3-12(14)4-13(9)19(17,18)16-7-10-5-15-6-11(10)8-16;/h2-4,10-11,15H,5-8H2,1H3;1H/t10-,11+;. The Morgan fingerprint density at radius 3 is 2.45 bits per heavy atom. The number of rotatable bonds is 2. The van der Waals surface area contributed by atoms with E-state index in [2.05, 4.69) is 5.32 Å². The number of hydrogen-bond acceptors (Lipinski definition) is 3. The summed E-state index contributed by atoms with van der Waals surface area (Å²) in [5.41, 5.74) is 0.594. The van der Waals surface area contributed by atoms with Crippen LogP contribution >= 0.6 is 12.4 Å². The summed E-state index contributed by atoms with van der Waals surface area (Å²) in [6.45, 7) is 4.52. The van der Waals surface area contributed by atoms with E-state index < -0.39 is 15.8 Å². The van der Waals surface area contributed by atoms with E-state index in [9.17, 15) is 12.8 Å². The highest BCUT2D eigenvalue weighted by atomic mass is 35.5. The maximum Gasteiger partial charge on any atom is 0.243 e. The first-order valence-electron chi connectivity index (χ1n) is 6.45. The Morgan fingerprint density at radius 2 is 1.85 bits per heavy atom. The molecule has 2 aliphatic rings. The summed E-state index contributed by atoms with van der Waals surface area (Å²) < 4.78 is 40.0. The van der Waals surface area contributed by atoms with Crippen LogP contribution in [0.25, 0.3) is 0 Å². The normalized spacial score (nSPS) is 26.3. The van der Waals surface area contributed by atoms with Gasteiger partial charge in [0.05, 0.1) is 4.90 Å². The molecule has 1 aromatic carbocycles. The minimum absolute atomic E-state index is 0. The van der Waals surface area contributed by atoms with Crippen molar-refractivity contribution in [2.45, 2.75) is 11.8 Å². The van der Waals surface area contributed by atoms with Gasteiger partial charge in [0.1, 0.15) is 5.82 Å². The van der Waals surface area contributed by atoms with Gasteiger partial charge < -0.3 is 5.32 Å². The molecular weight excluding hydrogens is 303 g/mol. The van der Waals surface area contributed by atoms with Crippen molar-refractivity contribution in [1.82, 2.24) is 9.62 Å². The zero-order valence-electron chi connectivity index (χ0n) is 11.2. The van der Waals surface area contributed by atoms with Crippen LogP contribution in [0.3, 0.4) is 0 Å². The van der Waals surface area contributed by atoms with Crippen LogP contribution in [-0.4, -0.2) is 38.9 Å². The summed E-state index contributed by atoms with van der Waals surface area (Å²) in [6.07, 6.45) is 0. The predicted molar refractivity (Wildman–Crippen MR) is 77.0 cm³/mol. The smallest absolute Gasteiger partial charge is 0.243 e. The first-order valence-corrected chi connectivity index (χ1v) is 7.89. The van der Waals surface area contributed by atoms with Crippen molar-refractivity contribution >= 4 is 22.4 Å². The molecule has 1 N–H and O–H groups in total. The van der Waals surface area contributed by atoms with Crippen LogP contribution in [0.15, 0.2) is 23.1 Å². The van der Waals surface area contributed by atoms with Crippen molar-refractivity contribution in [3.63, 3.8) is 0 Å². The summed E-state index contributed by atoms with van der Waals surface area (Å²) in [5.74, 6) is 0.275. The molecule has 0 amide bonds. The number of halogens is 2. The molecule has 0 radical (unpaired) electrons. The van der Waals surface area contributed by atoms with Crippen LogP contribution in [-0.2, 0) is 10.0 Å². The van der Waals surface area contributed by atoms with Gasteiger partial charge in [0.2, 0.25) is 10.0 Å². The summed E-state index contributed by atoms with van der Waals surface area (Å²) in [4.78, 5) is 0.0976. The minimum Gasteiger partial charge on any atom is -0.316 e. The summed E-state index contributed by atoms with van der Waals surface area (Å²) in [5, 5.41) is 3.28. The van der Waals surface area contributed by atoms with Crippen molar-refractivity contribution in [2.24, 2.45) is 11.8 Å². The third kappa shape index (κ3) is 2.57. The molecule has 0 aliphatic carbocycles. The van der Waals surface area contributed by atoms with Gasteiger partial charge in [0.25, 0.3) is 0 Å². The molecule has 2 fully saturated rings. The highest BCUT2D eigenvalue weighted by Crippen LogP contribution is 2.31. The van der Waals surface area contributed by atoms with Crippen molar-refractivity contribution < 1.29 is 12.8 Å². The van der Waals surface area contributed by atoms with E-state index >= 15 is 0 Å². The Hall–Kier alpha value is -0.690. The van der Waals surface area contributed by atoms with E-state index in [0.717, 1.165) is 19.2 Å². The Bertz CT molecular complexity index is 596. The Morgan fingerprint density at radius 1 is 1.25 bits per heavy atom. The summed E-state index contributed by atoms with van der Waals surface area (Å²) >= 11 is 0. The molecule has 2 saturated heterocycles. The molecule has 2 atom stereocenters. The second-order valence-corrected chi connectivity index (χ2v) is 7.32. The quantitative estimate of drug-likeness (QED) is 0.896. The average Bonchev–Trinajstić information content (AvgIpc) is 2.92. The zero-order chi connectivity index (χ0) is 13.6. The van der Waals surface area contributed by atoms with Crippen molar-refractivity contribution in [3.8, 4) is 0 Å². The monoisotopic (exact) mass is 320 g/mol. The average molecular weight is 321 g/mol. The van der Waals surface area contributed by atoms with Crippen LogP contribution < -0.4 is 5.32 Å². The first-order chi connectivity index (χ1) is 8.98. The molecule has 2 heterocycles. The second-order valence-electron chi connectivity index (χ2n) is 5.41. The molecule has 112 valence electrons. The van der Waals surface area contributed by atoms with Gasteiger partial charge in [-0.3, -0.25) is 0 Å². The number of nitrogens with one attached hydrogen (secondary N) is 1. The van der Waals surface area contributed by atoms with Crippen molar-refractivity contribution in [2.75, 3.05) is 26.2 Å². The number of hydrogen-bond donors (Lipinski definition) is 1. The zero-order valence-corrected chi connectivity index (χ0v) is 12.8. The summed E-state index contributed by atoms with van der Waals surface area (Å²) in [7, 11) is -3.57. The van der Waals surface area contributed by atoms with Crippen molar-refractivity contribution in [1.29, 1.82) is 0 Å². The lowest BCUT2D eigenvalue weighted by atomic mass is 10.0. The largest absolute Gasteiger partial charge is 0.316 e. The SMILES string of the molecule is Cc1ccc(F)cc1S(=O)(=O)N1C[C@H]2CNC[C@H]2C1.Cl. The third-order valence-corrected chi connectivity index (χ3v) is 6.10. The number of aryl methyl sites for hydroxylation is 1. The molecule has 0 aromatic heterocycles. The lowest BCUT2D eigenvalue weighted by Gasteiger charge is -2.18. The van der Waals surface area contributed by atoms with Crippen LogP contribution in [0.2, 0.25) is 0 Å². The number of fused-ring (bicyclic) bond motifs is 1. The molecule has 4 nitrogen and oxygen atoms in total. The first kappa shape index (κ1) is 15.7. The molecule has 0 bridgehead atoms. The lowest BCUT2D eigenvalue weighted by molar-refractivity contribution is 0.447. The van der Waals surface area contributed by atoms with Gasteiger partial charge in [-0.05, 0) is 49.5 Å². The van der Waals surface area contributed by atoms with E-state index in [4.69, 9.17) is 0 Å². The Labute approximate surface area is 124 Å². The van der Waals surface area contributed by atoms with Gasteiger partial charge >= 0.3 is 0 Å². The Kier molecular flexibility index (Phi) is 4.39. The molecule has 1 aromatic rings. The van der Waals surface area contributed by atoms with Crippen LogP contribution in [0.4, 0.5) is 4.39 Å². The molecule has 2 aliphatic heterocycles. The predicted octanol–water partition coefficient (Wildman–Crippen LogP) is 1.40. The molecule has 3 rings (SSSR count). The number of benzene rings is 1. The van der Waals surface area contributed by atoms with Gasteiger partial charge in [0, 0.05) is 13.1 Å². The highest BCUT2D eigenvalue weighted by Gasteiger charge is 2.41. The number of sulfonamides is 1. The lowest BCUT2D eigenvalue weighted by Crippen LogP contribution is -2.32. The topological polar surface area (TPSA) is 49.4 Å². The van der Waals surface area contributed by atoms with E-state index in [1.54, 1.807) is 6.92 Å². The van der Waals surface area contributed by atoms with Gasteiger partial charge in [-0.1, -0.05) is 6.07 Å². The maximum absolute atomic E-state index is 13.3. The molecule has 0 saturated carbocycles. The fourth-order valence-electron chi connectivity index (χ4n) is 3.00. The molecule has 0 unspecified atom stereocenters.